The number of carbonyl (C=O) groups excluding carboxylic acids is 8. The van der Waals surface area contributed by atoms with Gasteiger partial charge >= 0.3 is 6.09 Å². The van der Waals surface area contributed by atoms with Crippen LogP contribution in [0.2, 0.25) is 0 Å². The number of halogens is 3. The van der Waals surface area contributed by atoms with Crippen molar-refractivity contribution in [3.63, 3.8) is 0 Å². The van der Waals surface area contributed by atoms with Gasteiger partial charge in [0.15, 0.2) is 0 Å². The number of fused-ring (bicyclic) bond motifs is 1. The molecule has 4 fully saturated rings. The van der Waals surface area contributed by atoms with E-state index >= 15 is 0 Å². The number of alkyl carbamates (subject to hydrolysis) is 1. The Morgan fingerprint density at radius 1 is 0.667 bits per heavy atom. The molecule has 1 aromatic carbocycles. The summed E-state index contributed by atoms with van der Waals surface area (Å²) >= 11 is 3.33. The van der Waals surface area contributed by atoms with Gasteiger partial charge in [-0.05, 0) is 166 Å². The maximum absolute atomic E-state index is 13.8. The number of anilines is 1. The van der Waals surface area contributed by atoms with Gasteiger partial charge < -0.3 is 56.7 Å². The predicted octanol–water partition coefficient (Wildman–Crippen LogP) is 8.02. The van der Waals surface area contributed by atoms with Crippen LogP contribution in [0.1, 0.15) is 129 Å². The maximum Gasteiger partial charge on any atom is 0.408 e. The molecule has 10 heterocycles. The summed E-state index contributed by atoms with van der Waals surface area (Å²) in [5.41, 5.74) is 13.0. The molecule has 93 heavy (non-hydrogen) atoms. The number of ether oxygens (including phenoxy) is 1. The van der Waals surface area contributed by atoms with E-state index in [1.165, 1.54) is 23.8 Å². The standard InChI is InChI=1S/C26H24FN5O3.C15H21N3O3.C10H13N3O.C10H18N2O2.C6H6BrN.BrH/c1-14-22(12-19-18-11-17(27)3-4-20(18)30-24(19)33)29-15(2)23(14)25(34)31-21-7-10-32(26(21)35)13-16-5-8-28-9-6-16;1-15(2,3)21-14(20)17-12-6-9-18(13(12)19)10-11-4-7-16-8-5-11;11-9-3-6-13(10(9)14)7-8-1-4-12-5-2-8;1-10(2,3)6-8(13)12-7-4-5-11-9(7)14;7-5-6-1-3-8-4-2-6;/h3-6,8-9,11-12,21,29H,7,10,13H2,1-2H3,(H,30,33)(H,31,34);4-5,7-8,12H,6,9-10H2,1-3H3,(H,17,20);1-2,4-5,9H,3,6-7,11H2;7H,4-6H2,1-3H3,(H,11,14)(H,12,13);1-4H,5H2;1H/b19-12-;;;;;/t21-;12-;9-;7-;;/m0000../s1. The molecule has 5 aliphatic rings. The molecule has 0 spiro atoms. The summed E-state index contributed by atoms with van der Waals surface area (Å²) in [6.07, 6.45) is 17.9. The van der Waals surface area contributed by atoms with E-state index in [9.17, 15) is 42.7 Å². The number of pyridine rings is 4. The molecule has 5 aliphatic heterocycles. The Balaban J connectivity index is 0.000000201. The number of aromatic amines is 1. The van der Waals surface area contributed by atoms with Crippen LogP contribution in [0.25, 0.3) is 11.6 Å². The minimum Gasteiger partial charge on any atom is -0.444 e. The molecule has 0 saturated carbocycles. The van der Waals surface area contributed by atoms with Crippen LogP contribution >= 0.6 is 32.9 Å². The number of aryl methyl sites for hydroxylation is 1. The Labute approximate surface area is 560 Å². The molecule has 496 valence electrons. The molecule has 0 unspecified atom stereocenters. The summed E-state index contributed by atoms with van der Waals surface area (Å²) in [5.74, 6) is -1.37. The Hall–Kier alpha value is -8.75. The number of benzene rings is 1. The largest absolute Gasteiger partial charge is 0.444 e. The summed E-state index contributed by atoms with van der Waals surface area (Å²) in [7, 11) is 0. The van der Waals surface area contributed by atoms with Crippen molar-refractivity contribution in [1.82, 2.24) is 60.9 Å². The normalized spacial score (nSPS) is 18.4. The zero-order chi connectivity index (χ0) is 66.7. The molecule has 0 bridgehead atoms. The van der Waals surface area contributed by atoms with Crippen LogP contribution in [-0.4, -0.2) is 143 Å². The topological polar surface area (TPSA) is 309 Å². The summed E-state index contributed by atoms with van der Waals surface area (Å²) in [5, 5.41) is 14.6. The van der Waals surface area contributed by atoms with Crippen LogP contribution < -0.4 is 32.3 Å². The van der Waals surface area contributed by atoms with E-state index in [0.717, 1.165) is 35.0 Å². The third-order valence-electron chi connectivity index (χ3n) is 15.0. The van der Waals surface area contributed by atoms with Crippen molar-refractivity contribution in [3.8, 4) is 0 Å². The molecule has 5 aromatic heterocycles. The highest BCUT2D eigenvalue weighted by Crippen LogP contribution is 2.35. The van der Waals surface area contributed by atoms with Gasteiger partial charge in [-0.3, -0.25) is 53.5 Å². The van der Waals surface area contributed by atoms with Crippen LogP contribution in [0.4, 0.5) is 14.9 Å². The van der Waals surface area contributed by atoms with Crippen molar-refractivity contribution in [2.24, 2.45) is 11.1 Å². The second-order valence-corrected chi connectivity index (χ2v) is 25.4. The molecule has 4 saturated heterocycles. The Bertz CT molecular complexity index is 3570. The van der Waals surface area contributed by atoms with Gasteiger partial charge in [-0.2, -0.15) is 0 Å². The number of likely N-dealkylation sites (tertiary alicyclic amines) is 3. The second kappa shape index (κ2) is 34.2. The van der Waals surface area contributed by atoms with Crippen LogP contribution in [0.5, 0.6) is 0 Å². The Morgan fingerprint density at radius 2 is 1.15 bits per heavy atom. The highest BCUT2D eigenvalue weighted by molar-refractivity contribution is 9.08. The lowest BCUT2D eigenvalue weighted by Crippen LogP contribution is -2.43. The van der Waals surface area contributed by atoms with Crippen molar-refractivity contribution in [3.05, 3.63) is 172 Å². The first-order chi connectivity index (χ1) is 43.7. The van der Waals surface area contributed by atoms with Gasteiger partial charge in [-0.25, -0.2) is 9.18 Å². The van der Waals surface area contributed by atoms with E-state index in [2.05, 4.69) is 67.4 Å². The number of carbonyl (C=O) groups is 8. The number of hydrogen-bond acceptors (Lipinski definition) is 14. The van der Waals surface area contributed by atoms with E-state index in [1.807, 2.05) is 69.3 Å². The SMILES string of the molecule is Br.BrCc1ccncc1.CC(C)(C)CC(=O)N[C@H]1CCNC1=O.CC(C)(C)OC(=O)N[C@H]1CCN(Cc2ccncc2)C1=O.Cc1[nH]c(/C=C2\C(=O)Nc3ccc(F)cc32)c(C)c1C(=O)N[C@H]1CCN(Cc2ccncc2)C1=O.N[C@H]1CCN(Cc2ccncc2)C1=O. The van der Waals surface area contributed by atoms with E-state index in [4.69, 9.17) is 10.5 Å². The van der Waals surface area contributed by atoms with E-state index in [1.54, 1.807) is 105 Å². The summed E-state index contributed by atoms with van der Waals surface area (Å²) in [6.45, 7) is 19.2. The fourth-order valence-electron chi connectivity index (χ4n) is 10.4. The lowest BCUT2D eigenvalue weighted by Gasteiger charge is -2.21. The molecule has 6 aromatic rings. The highest BCUT2D eigenvalue weighted by Gasteiger charge is 2.36. The van der Waals surface area contributed by atoms with Crippen molar-refractivity contribution < 1.29 is 47.5 Å². The molecular weight excluding hydrogens is 1320 g/mol. The summed E-state index contributed by atoms with van der Waals surface area (Å²) in [6, 6.07) is 17.7. The van der Waals surface area contributed by atoms with Gasteiger partial charge in [0, 0.05) is 130 Å². The average molecular weight is 1410 g/mol. The minimum absolute atomic E-state index is 0. The fraction of sp³-hybridized carbons (Fsp3) is 0.403. The van der Waals surface area contributed by atoms with Gasteiger partial charge in [0.1, 0.15) is 29.5 Å². The van der Waals surface area contributed by atoms with Gasteiger partial charge in [0.2, 0.25) is 29.5 Å². The van der Waals surface area contributed by atoms with Gasteiger partial charge in [0.05, 0.1) is 17.2 Å². The second-order valence-electron chi connectivity index (χ2n) is 24.8. The Morgan fingerprint density at radius 3 is 1.59 bits per heavy atom. The number of hydrogen-bond donors (Lipinski definition) is 7. The molecule has 4 atom stereocenters. The fourth-order valence-corrected chi connectivity index (χ4v) is 10.8. The molecule has 26 heteroatoms. The van der Waals surface area contributed by atoms with E-state index < -0.39 is 29.6 Å². The van der Waals surface area contributed by atoms with Crippen LogP contribution in [0.15, 0.2) is 116 Å². The highest BCUT2D eigenvalue weighted by atomic mass is 79.9. The lowest BCUT2D eigenvalue weighted by molar-refractivity contribution is -0.130. The van der Waals surface area contributed by atoms with Crippen molar-refractivity contribution in [2.75, 3.05) is 31.5 Å². The third kappa shape index (κ3) is 22.2. The quantitative estimate of drug-likeness (QED) is 0.0426. The number of aromatic nitrogens is 5. The zero-order valence-electron chi connectivity index (χ0n) is 53.6. The summed E-state index contributed by atoms with van der Waals surface area (Å²) in [4.78, 5) is 121. The van der Waals surface area contributed by atoms with Crippen LogP contribution in [0.3, 0.4) is 0 Å². The number of alkyl halides is 1. The Kier molecular flexibility index (Phi) is 27.0. The number of nitrogens with two attached hydrogens (primary N) is 1. The van der Waals surface area contributed by atoms with Crippen molar-refractivity contribution in [2.45, 2.75) is 142 Å². The van der Waals surface area contributed by atoms with Crippen LogP contribution in [0, 0.1) is 25.1 Å². The van der Waals surface area contributed by atoms with Gasteiger partial charge in [-0.15, -0.1) is 17.0 Å². The zero-order valence-corrected chi connectivity index (χ0v) is 56.9. The summed E-state index contributed by atoms with van der Waals surface area (Å²) < 4.78 is 18.9. The molecule has 23 nitrogen and oxygen atoms in total. The molecule has 8 N–H and O–H groups in total. The van der Waals surface area contributed by atoms with Gasteiger partial charge in [-0.1, -0.05) is 36.7 Å². The molecular formula is C67H83Br2FN14O9. The minimum atomic E-state index is -0.602. The number of nitrogens with one attached hydrogen (secondary N) is 6. The lowest BCUT2D eigenvalue weighted by atomic mass is 9.92. The molecule has 8 amide bonds. The number of H-pyrrole nitrogens is 1. The molecule has 0 radical (unpaired) electrons. The van der Waals surface area contributed by atoms with Crippen LogP contribution in [-0.2, 0) is 58.5 Å². The number of amides is 8. The van der Waals surface area contributed by atoms with E-state index in [0.29, 0.717) is 104 Å². The van der Waals surface area contributed by atoms with E-state index in [-0.39, 0.29) is 75.8 Å². The first kappa shape index (κ1) is 73.3. The monoisotopic (exact) mass is 1400 g/mol. The van der Waals surface area contributed by atoms with Crippen molar-refractivity contribution in [1.29, 1.82) is 0 Å². The number of rotatable bonds is 13. The average Bonchev–Trinajstić information content (AvgIpc) is 1.64. The third-order valence-corrected chi connectivity index (χ3v) is 15.7. The predicted molar refractivity (Wildman–Crippen MR) is 359 cm³/mol. The molecule has 11 rings (SSSR count). The smallest absolute Gasteiger partial charge is 0.408 e. The molecule has 0 aliphatic carbocycles. The first-order valence-corrected chi connectivity index (χ1v) is 31.5. The maximum atomic E-state index is 13.8. The number of nitrogens with zero attached hydrogens (tertiary/aromatic N) is 7. The van der Waals surface area contributed by atoms with Gasteiger partial charge in [0.25, 0.3) is 11.8 Å². The first-order valence-electron chi connectivity index (χ1n) is 30.4. The van der Waals surface area contributed by atoms with Crippen molar-refractivity contribution >= 4 is 97.7 Å².